The summed E-state index contributed by atoms with van der Waals surface area (Å²) >= 11 is 0. The Morgan fingerprint density at radius 3 is 2.80 bits per heavy atom. The maximum atomic E-state index is 5.83. The largest absolute Gasteiger partial charge is 0.491 e. The van der Waals surface area contributed by atoms with Crippen LogP contribution < -0.4 is 9.47 Å². The highest BCUT2D eigenvalue weighted by molar-refractivity contribution is 5.89. The Bertz CT molecular complexity index is 617. The van der Waals surface area contributed by atoms with Crippen LogP contribution >= 0.6 is 0 Å². The summed E-state index contributed by atoms with van der Waals surface area (Å²) < 4.78 is 22.0. The molecule has 2 aromatic carbocycles. The Balaban J connectivity index is 1.57. The summed E-state index contributed by atoms with van der Waals surface area (Å²) in [6.45, 7) is 2.22. The first-order chi connectivity index (χ1) is 9.88. The number of rotatable bonds is 5. The van der Waals surface area contributed by atoms with Crippen molar-refractivity contribution in [3.8, 4) is 11.5 Å². The molecule has 20 heavy (non-hydrogen) atoms. The second kappa shape index (κ2) is 4.96. The van der Waals surface area contributed by atoms with Crippen LogP contribution in [0.5, 0.6) is 11.5 Å². The van der Waals surface area contributed by atoms with Crippen molar-refractivity contribution in [2.75, 3.05) is 19.8 Å². The zero-order valence-corrected chi connectivity index (χ0v) is 11.1. The molecular formula is C16H16O4. The van der Waals surface area contributed by atoms with Gasteiger partial charge in [0.1, 0.15) is 24.2 Å². The van der Waals surface area contributed by atoms with Crippen LogP contribution in [0.4, 0.5) is 0 Å². The molecule has 0 saturated carbocycles. The molecule has 2 fully saturated rings. The van der Waals surface area contributed by atoms with Crippen molar-refractivity contribution in [2.45, 2.75) is 18.8 Å². The molecule has 2 atom stereocenters. The van der Waals surface area contributed by atoms with Crippen LogP contribution in [0.2, 0.25) is 0 Å². The Morgan fingerprint density at radius 2 is 2.05 bits per heavy atom. The van der Waals surface area contributed by atoms with E-state index in [1.165, 1.54) is 0 Å². The molecule has 2 saturated heterocycles. The lowest BCUT2D eigenvalue weighted by molar-refractivity contribution is -0.164. The molecule has 0 N–H and O–H groups in total. The number of fused-ring (bicyclic) bond motifs is 1. The highest BCUT2D eigenvalue weighted by atomic mass is 16.7. The van der Waals surface area contributed by atoms with Gasteiger partial charge in [0, 0.05) is 11.8 Å². The Labute approximate surface area is 117 Å². The SMILES string of the molecule is c1cc(OC2CCO2)c2ccc(OCC3CO3)cc2c1. The molecule has 2 unspecified atom stereocenters. The Morgan fingerprint density at radius 1 is 1.15 bits per heavy atom. The van der Waals surface area contributed by atoms with E-state index in [-0.39, 0.29) is 12.4 Å². The van der Waals surface area contributed by atoms with E-state index in [2.05, 4.69) is 6.07 Å². The predicted octanol–water partition coefficient (Wildman–Crippen LogP) is 2.74. The monoisotopic (exact) mass is 272 g/mol. The van der Waals surface area contributed by atoms with Crippen molar-refractivity contribution in [1.82, 2.24) is 0 Å². The van der Waals surface area contributed by atoms with Crippen molar-refractivity contribution >= 4 is 10.8 Å². The van der Waals surface area contributed by atoms with Crippen molar-refractivity contribution in [1.29, 1.82) is 0 Å². The third-order valence-electron chi connectivity index (χ3n) is 3.57. The lowest BCUT2D eigenvalue weighted by Gasteiger charge is -2.27. The van der Waals surface area contributed by atoms with E-state index in [1.54, 1.807) is 0 Å². The van der Waals surface area contributed by atoms with Gasteiger partial charge in [-0.25, -0.2) is 0 Å². The third-order valence-corrected chi connectivity index (χ3v) is 3.57. The smallest absolute Gasteiger partial charge is 0.202 e. The van der Waals surface area contributed by atoms with Crippen molar-refractivity contribution < 1.29 is 18.9 Å². The summed E-state index contributed by atoms with van der Waals surface area (Å²) in [4.78, 5) is 0. The minimum Gasteiger partial charge on any atom is -0.491 e. The minimum absolute atomic E-state index is 0.0939. The maximum absolute atomic E-state index is 5.83. The molecule has 2 aromatic rings. The first-order valence-electron chi connectivity index (χ1n) is 6.94. The third kappa shape index (κ3) is 2.44. The van der Waals surface area contributed by atoms with Gasteiger partial charge in [-0.2, -0.15) is 0 Å². The van der Waals surface area contributed by atoms with Crippen molar-refractivity contribution in [3.63, 3.8) is 0 Å². The van der Waals surface area contributed by atoms with Crippen molar-refractivity contribution in [2.24, 2.45) is 0 Å². The van der Waals surface area contributed by atoms with Gasteiger partial charge in [-0.3, -0.25) is 0 Å². The lowest BCUT2D eigenvalue weighted by atomic mass is 10.1. The van der Waals surface area contributed by atoms with Crippen LogP contribution in [0, 0.1) is 0 Å². The van der Waals surface area contributed by atoms with E-state index in [1.807, 2.05) is 30.3 Å². The van der Waals surface area contributed by atoms with Crippen molar-refractivity contribution in [3.05, 3.63) is 36.4 Å². The summed E-state index contributed by atoms with van der Waals surface area (Å²) in [7, 11) is 0. The molecule has 4 nitrogen and oxygen atoms in total. The number of hydrogen-bond acceptors (Lipinski definition) is 4. The van der Waals surface area contributed by atoms with Gasteiger partial charge in [0.25, 0.3) is 0 Å². The molecule has 2 heterocycles. The van der Waals surface area contributed by atoms with Gasteiger partial charge in [-0.1, -0.05) is 12.1 Å². The van der Waals surface area contributed by atoms with Gasteiger partial charge < -0.3 is 18.9 Å². The Hall–Kier alpha value is -1.78. The molecule has 0 amide bonds. The summed E-state index contributed by atoms with van der Waals surface area (Å²) in [6.07, 6.45) is 1.14. The van der Waals surface area contributed by atoms with E-state index in [4.69, 9.17) is 18.9 Å². The number of benzene rings is 2. The zero-order chi connectivity index (χ0) is 13.4. The molecule has 0 aliphatic carbocycles. The van der Waals surface area contributed by atoms with E-state index < -0.39 is 0 Å². The van der Waals surface area contributed by atoms with Crippen LogP contribution in [-0.2, 0) is 9.47 Å². The second-order valence-electron chi connectivity index (χ2n) is 5.11. The predicted molar refractivity (Wildman–Crippen MR) is 74.2 cm³/mol. The normalized spacial score (nSPS) is 24.2. The number of epoxide rings is 1. The molecule has 2 aliphatic rings. The maximum Gasteiger partial charge on any atom is 0.202 e. The summed E-state index contributed by atoms with van der Waals surface area (Å²) in [5, 5.41) is 2.19. The van der Waals surface area contributed by atoms with Crippen LogP contribution in [0.25, 0.3) is 10.8 Å². The number of hydrogen-bond donors (Lipinski definition) is 0. The summed E-state index contributed by atoms with van der Waals surface area (Å²) in [5.41, 5.74) is 0. The van der Waals surface area contributed by atoms with Gasteiger partial charge in [0.2, 0.25) is 6.29 Å². The fraction of sp³-hybridized carbons (Fsp3) is 0.375. The molecule has 4 rings (SSSR count). The quantitative estimate of drug-likeness (QED) is 0.785. The number of ether oxygens (including phenoxy) is 4. The first kappa shape index (κ1) is 12.0. The van der Waals surface area contributed by atoms with Crippen LogP contribution in [-0.4, -0.2) is 32.2 Å². The fourth-order valence-corrected chi connectivity index (χ4v) is 2.23. The topological polar surface area (TPSA) is 40.2 Å². The van der Waals surface area contributed by atoms with Gasteiger partial charge >= 0.3 is 0 Å². The standard InChI is InChI=1S/C16H16O4/c1-2-11-8-12(18-9-13-10-19-13)4-5-14(11)15(3-1)20-16-6-7-17-16/h1-5,8,13,16H,6-7,9-10H2. The molecule has 0 bridgehead atoms. The molecule has 104 valence electrons. The van der Waals surface area contributed by atoms with Crippen LogP contribution in [0.15, 0.2) is 36.4 Å². The van der Waals surface area contributed by atoms with E-state index >= 15 is 0 Å². The molecular weight excluding hydrogens is 256 g/mol. The average molecular weight is 272 g/mol. The lowest BCUT2D eigenvalue weighted by Crippen LogP contribution is -2.32. The van der Waals surface area contributed by atoms with Gasteiger partial charge in [-0.05, 0) is 29.7 Å². The summed E-state index contributed by atoms with van der Waals surface area (Å²) in [6, 6.07) is 12.1. The highest BCUT2D eigenvalue weighted by Gasteiger charge is 2.23. The van der Waals surface area contributed by atoms with E-state index in [0.717, 1.165) is 41.9 Å². The molecule has 0 radical (unpaired) electrons. The van der Waals surface area contributed by atoms with Gasteiger partial charge in [0.15, 0.2) is 0 Å². The van der Waals surface area contributed by atoms with Crippen LogP contribution in [0.3, 0.4) is 0 Å². The molecule has 0 spiro atoms. The first-order valence-corrected chi connectivity index (χ1v) is 6.94. The zero-order valence-electron chi connectivity index (χ0n) is 11.1. The second-order valence-corrected chi connectivity index (χ2v) is 5.11. The molecule has 0 aromatic heterocycles. The minimum atomic E-state index is -0.0939. The van der Waals surface area contributed by atoms with Crippen LogP contribution in [0.1, 0.15) is 6.42 Å². The highest BCUT2D eigenvalue weighted by Crippen LogP contribution is 2.31. The van der Waals surface area contributed by atoms with E-state index in [0.29, 0.717) is 6.61 Å². The average Bonchev–Trinajstić information content (AvgIpc) is 3.24. The summed E-state index contributed by atoms with van der Waals surface area (Å²) in [5.74, 6) is 1.73. The van der Waals surface area contributed by atoms with Gasteiger partial charge in [0.05, 0.1) is 13.2 Å². The Kier molecular flexibility index (Phi) is 2.98. The molecule has 2 aliphatic heterocycles. The fourth-order valence-electron chi connectivity index (χ4n) is 2.23. The van der Waals surface area contributed by atoms with E-state index in [9.17, 15) is 0 Å². The molecule has 4 heteroatoms. The van der Waals surface area contributed by atoms with Gasteiger partial charge in [-0.15, -0.1) is 0 Å².